The number of fused-ring (bicyclic) bond motifs is 1. The van der Waals surface area contributed by atoms with E-state index < -0.39 is 6.04 Å². The first-order valence-corrected chi connectivity index (χ1v) is 10.7. The predicted molar refractivity (Wildman–Crippen MR) is 125 cm³/mol. The Hall–Kier alpha value is -3.64. The number of nitrogens with zero attached hydrogens (tertiary/aromatic N) is 2. The van der Waals surface area contributed by atoms with Crippen LogP contribution >= 0.6 is 11.6 Å². The molecule has 0 aliphatic carbocycles. The third kappa shape index (κ3) is 4.81. The molecule has 0 saturated heterocycles. The molecule has 1 atom stereocenters. The van der Waals surface area contributed by atoms with Crippen LogP contribution in [0.5, 0.6) is 0 Å². The van der Waals surface area contributed by atoms with Crippen LogP contribution in [0, 0.1) is 0 Å². The lowest BCUT2D eigenvalue weighted by Crippen LogP contribution is -2.31. The summed E-state index contributed by atoms with van der Waals surface area (Å²) in [5.74, 6) is 0.166. The van der Waals surface area contributed by atoms with Crippen molar-refractivity contribution < 1.29 is 9.59 Å². The van der Waals surface area contributed by atoms with E-state index in [9.17, 15) is 9.59 Å². The second-order valence-electron chi connectivity index (χ2n) is 7.48. The maximum atomic E-state index is 12.7. The van der Waals surface area contributed by atoms with Gasteiger partial charge in [-0.1, -0.05) is 66.2 Å². The SMILES string of the molecule is CC(NC(=O)c1ccccc1Cl)c1nc2ccccc2n1CC(=O)NCc1ccccc1. The van der Waals surface area contributed by atoms with E-state index in [0.29, 0.717) is 23.0 Å². The molecule has 0 bridgehead atoms. The summed E-state index contributed by atoms with van der Waals surface area (Å²) in [6, 6.07) is 23.8. The second-order valence-corrected chi connectivity index (χ2v) is 7.89. The summed E-state index contributed by atoms with van der Waals surface area (Å²) in [7, 11) is 0. The number of hydrogen-bond acceptors (Lipinski definition) is 3. The Kier molecular flexibility index (Phi) is 6.52. The number of rotatable bonds is 7. The topological polar surface area (TPSA) is 76.0 Å². The van der Waals surface area contributed by atoms with Crippen LogP contribution in [0.3, 0.4) is 0 Å². The van der Waals surface area contributed by atoms with Crippen LogP contribution in [-0.4, -0.2) is 21.4 Å². The van der Waals surface area contributed by atoms with Gasteiger partial charge < -0.3 is 15.2 Å². The Balaban J connectivity index is 1.55. The number of para-hydroxylation sites is 2. The molecule has 1 heterocycles. The number of carbonyl (C=O) groups is 2. The first-order valence-electron chi connectivity index (χ1n) is 10.3. The van der Waals surface area contributed by atoms with Gasteiger partial charge in [-0.3, -0.25) is 9.59 Å². The lowest BCUT2D eigenvalue weighted by Gasteiger charge is -2.17. The summed E-state index contributed by atoms with van der Waals surface area (Å²) in [6.45, 7) is 2.38. The van der Waals surface area contributed by atoms with E-state index in [1.807, 2.05) is 66.1 Å². The molecule has 0 fully saturated rings. The first-order chi connectivity index (χ1) is 15.5. The molecule has 4 rings (SSSR count). The van der Waals surface area contributed by atoms with Crippen LogP contribution in [0.4, 0.5) is 0 Å². The number of hydrogen-bond donors (Lipinski definition) is 2. The minimum Gasteiger partial charge on any atom is -0.350 e. The highest BCUT2D eigenvalue weighted by Crippen LogP contribution is 2.22. The van der Waals surface area contributed by atoms with Gasteiger partial charge >= 0.3 is 0 Å². The molecule has 4 aromatic rings. The Labute approximate surface area is 191 Å². The molecule has 2 amide bonds. The van der Waals surface area contributed by atoms with Gasteiger partial charge in [0.2, 0.25) is 5.91 Å². The van der Waals surface area contributed by atoms with Gasteiger partial charge in [-0.25, -0.2) is 4.98 Å². The van der Waals surface area contributed by atoms with Crippen molar-refractivity contribution in [1.82, 2.24) is 20.2 Å². The number of halogens is 1. The number of imidazole rings is 1. The Morgan fingerprint density at radius 3 is 2.44 bits per heavy atom. The third-order valence-electron chi connectivity index (χ3n) is 5.17. The Bertz CT molecular complexity index is 1250. The van der Waals surface area contributed by atoms with Crippen LogP contribution in [0.25, 0.3) is 11.0 Å². The average Bonchev–Trinajstić information content (AvgIpc) is 3.17. The number of aromatic nitrogens is 2. The van der Waals surface area contributed by atoms with Crippen molar-refractivity contribution in [1.29, 1.82) is 0 Å². The highest BCUT2D eigenvalue weighted by molar-refractivity contribution is 6.33. The normalized spacial score (nSPS) is 11.8. The predicted octanol–water partition coefficient (Wildman–Crippen LogP) is 4.50. The Morgan fingerprint density at radius 1 is 0.969 bits per heavy atom. The van der Waals surface area contributed by atoms with Crippen LogP contribution in [-0.2, 0) is 17.9 Å². The maximum absolute atomic E-state index is 12.7. The van der Waals surface area contributed by atoms with Gasteiger partial charge in [-0.2, -0.15) is 0 Å². The molecule has 1 aromatic heterocycles. The number of nitrogens with one attached hydrogen (secondary N) is 2. The van der Waals surface area contributed by atoms with E-state index in [4.69, 9.17) is 11.6 Å². The molecule has 0 radical (unpaired) electrons. The molecule has 0 saturated carbocycles. The molecule has 162 valence electrons. The van der Waals surface area contributed by atoms with Gasteiger partial charge in [0.25, 0.3) is 5.91 Å². The first kappa shape index (κ1) is 21.6. The highest BCUT2D eigenvalue weighted by Gasteiger charge is 2.21. The molecular weight excluding hydrogens is 424 g/mol. The smallest absolute Gasteiger partial charge is 0.253 e. The summed E-state index contributed by atoms with van der Waals surface area (Å²) in [6.07, 6.45) is 0. The summed E-state index contributed by atoms with van der Waals surface area (Å²) < 4.78 is 1.84. The molecule has 7 heteroatoms. The van der Waals surface area contributed by atoms with Gasteiger partial charge in [0, 0.05) is 6.54 Å². The zero-order valence-corrected chi connectivity index (χ0v) is 18.3. The number of carbonyl (C=O) groups excluding carboxylic acids is 2. The quantitative estimate of drug-likeness (QED) is 0.439. The van der Waals surface area contributed by atoms with E-state index in [0.717, 1.165) is 16.6 Å². The maximum Gasteiger partial charge on any atom is 0.253 e. The second kappa shape index (κ2) is 9.66. The van der Waals surface area contributed by atoms with Crippen LogP contribution < -0.4 is 10.6 Å². The van der Waals surface area contributed by atoms with Crippen molar-refractivity contribution in [2.24, 2.45) is 0 Å². The van der Waals surface area contributed by atoms with Crippen LogP contribution in [0.15, 0.2) is 78.9 Å². The van der Waals surface area contributed by atoms with E-state index in [2.05, 4.69) is 15.6 Å². The zero-order chi connectivity index (χ0) is 22.5. The summed E-state index contributed by atoms with van der Waals surface area (Å²) >= 11 is 6.16. The Morgan fingerprint density at radius 2 is 1.66 bits per heavy atom. The number of amides is 2. The fourth-order valence-corrected chi connectivity index (χ4v) is 3.79. The molecular formula is C25H23ClN4O2. The average molecular weight is 447 g/mol. The molecule has 0 aliphatic heterocycles. The lowest BCUT2D eigenvalue weighted by atomic mass is 10.2. The van der Waals surface area contributed by atoms with Gasteiger partial charge in [0.05, 0.1) is 27.7 Å². The molecule has 0 spiro atoms. The van der Waals surface area contributed by atoms with Crippen molar-refractivity contribution in [3.05, 3.63) is 101 Å². The summed E-state index contributed by atoms with van der Waals surface area (Å²) in [5, 5.41) is 6.28. The van der Waals surface area contributed by atoms with E-state index in [1.165, 1.54) is 0 Å². The van der Waals surface area contributed by atoms with Crippen molar-refractivity contribution in [3.8, 4) is 0 Å². The fraction of sp³-hybridized carbons (Fsp3) is 0.160. The van der Waals surface area contributed by atoms with Crippen molar-refractivity contribution in [2.75, 3.05) is 0 Å². The zero-order valence-electron chi connectivity index (χ0n) is 17.6. The highest BCUT2D eigenvalue weighted by atomic mass is 35.5. The van der Waals surface area contributed by atoms with Crippen molar-refractivity contribution in [2.45, 2.75) is 26.1 Å². The van der Waals surface area contributed by atoms with Crippen molar-refractivity contribution in [3.63, 3.8) is 0 Å². The van der Waals surface area contributed by atoms with Gasteiger partial charge in [-0.15, -0.1) is 0 Å². The van der Waals surface area contributed by atoms with E-state index in [1.54, 1.807) is 24.3 Å². The van der Waals surface area contributed by atoms with E-state index >= 15 is 0 Å². The standard InChI is InChI=1S/C25H23ClN4O2/c1-17(28-25(32)19-11-5-6-12-20(19)26)24-29-21-13-7-8-14-22(21)30(24)16-23(31)27-15-18-9-3-2-4-10-18/h2-14,17H,15-16H2,1H3,(H,27,31)(H,28,32). The number of benzene rings is 3. The van der Waals surface area contributed by atoms with Gasteiger partial charge in [-0.05, 0) is 36.8 Å². The molecule has 6 nitrogen and oxygen atoms in total. The largest absolute Gasteiger partial charge is 0.350 e. The molecule has 2 N–H and O–H groups in total. The minimum absolute atomic E-state index is 0.0922. The summed E-state index contributed by atoms with van der Waals surface area (Å²) in [4.78, 5) is 30.2. The third-order valence-corrected chi connectivity index (χ3v) is 5.50. The molecule has 3 aromatic carbocycles. The van der Waals surface area contributed by atoms with Crippen LogP contribution in [0.2, 0.25) is 5.02 Å². The molecule has 32 heavy (non-hydrogen) atoms. The lowest BCUT2D eigenvalue weighted by molar-refractivity contribution is -0.121. The fourth-order valence-electron chi connectivity index (χ4n) is 3.57. The monoisotopic (exact) mass is 446 g/mol. The van der Waals surface area contributed by atoms with Crippen molar-refractivity contribution >= 4 is 34.4 Å². The minimum atomic E-state index is -0.437. The van der Waals surface area contributed by atoms with Gasteiger partial charge in [0.1, 0.15) is 12.4 Å². The molecule has 0 aliphatic rings. The summed E-state index contributed by atoms with van der Waals surface area (Å²) in [5.41, 5.74) is 3.01. The van der Waals surface area contributed by atoms with Crippen LogP contribution in [0.1, 0.15) is 34.7 Å². The van der Waals surface area contributed by atoms with E-state index in [-0.39, 0.29) is 18.4 Å². The molecule has 1 unspecified atom stereocenters. The van der Waals surface area contributed by atoms with Gasteiger partial charge in [0.15, 0.2) is 0 Å².